The highest BCUT2D eigenvalue weighted by atomic mass is 14.3. The van der Waals surface area contributed by atoms with Crippen LogP contribution in [0, 0.1) is 0 Å². The number of rotatable bonds is 10. The van der Waals surface area contributed by atoms with Gasteiger partial charge in [-0.05, 0) is 76.3 Å². The fraction of sp³-hybridized carbons (Fsp3) is 0.448. The molecule has 0 fully saturated rings. The zero-order valence-electron chi connectivity index (χ0n) is 18.4. The standard InChI is InChI=1S/C29H36/c1-3-5-7-9-13-22-17-18-23-19-20-27-25-15-12-11-14-24(25)21-28(27)29(23)26(22)16-10-8-6-4-2/h11-12,14-15,17-20H,3-10,13,16,21H2,1-2H3. The fourth-order valence-corrected chi connectivity index (χ4v) is 5.17. The average molecular weight is 385 g/mol. The third-order valence-corrected chi connectivity index (χ3v) is 6.75. The molecule has 4 rings (SSSR count). The van der Waals surface area contributed by atoms with Gasteiger partial charge in [0.15, 0.2) is 0 Å². The van der Waals surface area contributed by atoms with E-state index in [2.05, 4.69) is 62.4 Å². The molecule has 0 aromatic heterocycles. The Labute approximate surface area is 177 Å². The van der Waals surface area contributed by atoms with Crippen LogP contribution in [0.15, 0.2) is 48.5 Å². The highest BCUT2D eigenvalue weighted by Gasteiger charge is 2.22. The number of hydrogen-bond donors (Lipinski definition) is 0. The van der Waals surface area contributed by atoms with Crippen molar-refractivity contribution in [3.05, 3.63) is 70.8 Å². The maximum absolute atomic E-state index is 2.44. The van der Waals surface area contributed by atoms with Crippen LogP contribution in [-0.2, 0) is 19.3 Å². The lowest BCUT2D eigenvalue weighted by atomic mass is 9.88. The number of aryl methyl sites for hydroxylation is 2. The van der Waals surface area contributed by atoms with E-state index in [1.165, 1.54) is 86.3 Å². The molecule has 0 amide bonds. The fourth-order valence-electron chi connectivity index (χ4n) is 5.17. The minimum Gasteiger partial charge on any atom is -0.0654 e. The number of fused-ring (bicyclic) bond motifs is 5. The topological polar surface area (TPSA) is 0 Å². The van der Waals surface area contributed by atoms with Crippen LogP contribution in [0.5, 0.6) is 0 Å². The molecular weight excluding hydrogens is 348 g/mol. The Bertz CT molecular complexity index is 963. The van der Waals surface area contributed by atoms with Gasteiger partial charge in [0.1, 0.15) is 0 Å². The van der Waals surface area contributed by atoms with Gasteiger partial charge in [-0.2, -0.15) is 0 Å². The first-order valence-electron chi connectivity index (χ1n) is 12.0. The van der Waals surface area contributed by atoms with Crippen molar-refractivity contribution in [2.75, 3.05) is 0 Å². The lowest BCUT2D eigenvalue weighted by Crippen LogP contribution is -2.00. The summed E-state index contributed by atoms with van der Waals surface area (Å²) in [5.74, 6) is 0. The molecule has 0 unspecified atom stereocenters. The summed E-state index contributed by atoms with van der Waals surface area (Å²) in [4.78, 5) is 0. The van der Waals surface area contributed by atoms with E-state index in [9.17, 15) is 0 Å². The van der Waals surface area contributed by atoms with E-state index in [1.807, 2.05) is 0 Å². The van der Waals surface area contributed by atoms with Crippen LogP contribution in [0.2, 0.25) is 0 Å². The first-order valence-corrected chi connectivity index (χ1v) is 12.0. The number of hydrogen-bond acceptors (Lipinski definition) is 0. The molecular formula is C29H36. The van der Waals surface area contributed by atoms with Gasteiger partial charge in [0.05, 0.1) is 0 Å². The Morgan fingerprint density at radius 2 is 1.38 bits per heavy atom. The molecule has 3 aromatic carbocycles. The van der Waals surface area contributed by atoms with Crippen molar-refractivity contribution >= 4 is 10.8 Å². The van der Waals surface area contributed by atoms with Crippen LogP contribution >= 0.6 is 0 Å². The molecule has 0 radical (unpaired) electrons. The molecule has 0 saturated heterocycles. The van der Waals surface area contributed by atoms with E-state index >= 15 is 0 Å². The summed E-state index contributed by atoms with van der Waals surface area (Å²) in [5, 5.41) is 3.03. The van der Waals surface area contributed by atoms with E-state index < -0.39 is 0 Å². The largest absolute Gasteiger partial charge is 0.0654 e. The number of unbranched alkanes of at least 4 members (excludes halogenated alkanes) is 6. The molecule has 1 aliphatic carbocycles. The van der Waals surface area contributed by atoms with Crippen LogP contribution in [0.4, 0.5) is 0 Å². The average Bonchev–Trinajstić information content (AvgIpc) is 3.13. The Morgan fingerprint density at radius 1 is 0.655 bits per heavy atom. The first kappa shape index (κ1) is 20.2. The molecule has 0 saturated carbocycles. The summed E-state index contributed by atoms with van der Waals surface area (Å²) in [5.41, 5.74) is 9.31. The van der Waals surface area contributed by atoms with E-state index in [-0.39, 0.29) is 0 Å². The summed E-state index contributed by atoms with van der Waals surface area (Å²) in [6.07, 6.45) is 14.3. The minimum atomic E-state index is 1.10. The van der Waals surface area contributed by atoms with Gasteiger partial charge in [-0.15, -0.1) is 0 Å². The molecule has 0 aliphatic heterocycles. The van der Waals surface area contributed by atoms with E-state index in [4.69, 9.17) is 0 Å². The quantitative estimate of drug-likeness (QED) is 0.240. The van der Waals surface area contributed by atoms with Crippen LogP contribution in [0.25, 0.3) is 21.9 Å². The van der Waals surface area contributed by atoms with Crippen molar-refractivity contribution in [3.63, 3.8) is 0 Å². The maximum atomic E-state index is 2.44. The molecule has 0 heterocycles. The van der Waals surface area contributed by atoms with E-state index in [1.54, 1.807) is 22.1 Å². The summed E-state index contributed by atoms with van der Waals surface area (Å²) < 4.78 is 0. The third-order valence-electron chi connectivity index (χ3n) is 6.75. The van der Waals surface area contributed by atoms with Gasteiger partial charge in [0.25, 0.3) is 0 Å². The van der Waals surface area contributed by atoms with Crippen LogP contribution in [0.1, 0.15) is 87.5 Å². The smallest absolute Gasteiger partial charge is 0.000718 e. The van der Waals surface area contributed by atoms with Crippen LogP contribution in [0.3, 0.4) is 0 Å². The summed E-state index contributed by atoms with van der Waals surface area (Å²) in [6, 6.07) is 18.6. The van der Waals surface area contributed by atoms with Crippen LogP contribution in [-0.4, -0.2) is 0 Å². The monoisotopic (exact) mass is 384 g/mol. The van der Waals surface area contributed by atoms with Gasteiger partial charge >= 0.3 is 0 Å². The van der Waals surface area contributed by atoms with Crippen molar-refractivity contribution in [3.8, 4) is 11.1 Å². The molecule has 29 heavy (non-hydrogen) atoms. The van der Waals surface area contributed by atoms with Gasteiger partial charge in [-0.25, -0.2) is 0 Å². The molecule has 0 atom stereocenters. The third kappa shape index (κ3) is 4.27. The predicted octanol–water partition coefficient (Wildman–Crippen LogP) is 8.66. The Morgan fingerprint density at radius 3 is 2.17 bits per heavy atom. The Kier molecular flexibility index (Phi) is 6.70. The van der Waals surface area contributed by atoms with Gasteiger partial charge in [0, 0.05) is 0 Å². The van der Waals surface area contributed by atoms with Crippen molar-refractivity contribution in [1.82, 2.24) is 0 Å². The van der Waals surface area contributed by atoms with Crippen molar-refractivity contribution in [2.45, 2.75) is 84.5 Å². The zero-order chi connectivity index (χ0) is 20.1. The molecule has 3 aromatic rings. The summed E-state index contributed by atoms with van der Waals surface area (Å²) in [6.45, 7) is 4.61. The molecule has 0 nitrogen and oxygen atoms in total. The van der Waals surface area contributed by atoms with Crippen molar-refractivity contribution < 1.29 is 0 Å². The predicted molar refractivity (Wildman–Crippen MR) is 128 cm³/mol. The van der Waals surface area contributed by atoms with E-state index in [0.29, 0.717) is 0 Å². The lowest BCUT2D eigenvalue weighted by Gasteiger charge is -2.17. The van der Waals surface area contributed by atoms with E-state index in [0.717, 1.165) is 6.42 Å². The number of benzene rings is 3. The van der Waals surface area contributed by atoms with Gasteiger partial charge in [0.2, 0.25) is 0 Å². The molecule has 0 heteroatoms. The molecule has 0 bridgehead atoms. The Balaban J connectivity index is 1.74. The molecule has 1 aliphatic rings. The second-order valence-electron chi connectivity index (χ2n) is 8.85. The highest BCUT2D eigenvalue weighted by Crippen LogP contribution is 2.42. The summed E-state index contributed by atoms with van der Waals surface area (Å²) in [7, 11) is 0. The lowest BCUT2D eigenvalue weighted by molar-refractivity contribution is 0.652. The molecule has 0 spiro atoms. The van der Waals surface area contributed by atoms with Gasteiger partial charge in [-0.3, -0.25) is 0 Å². The second kappa shape index (κ2) is 9.61. The van der Waals surface area contributed by atoms with Gasteiger partial charge < -0.3 is 0 Å². The molecule has 152 valence electrons. The second-order valence-corrected chi connectivity index (χ2v) is 8.85. The van der Waals surface area contributed by atoms with Gasteiger partial charge in [-0.1, -0.05) is 101 Å². The Hall–Kier alpha value is -2.08. The van der Waals surface area contributed by atoms with Crippen molar-refractivity contribution in [1.29, 1.82) is 0 Å². The first-order chi connectivity index (χ1) is 14.3. The normalized spacial score (nSPS) is 12.3. The van der Waals surface area contributed by atoms with Crippen LogP contribution < -0.4 is 0 Å². The summed E-state index contributed by atoms with van der Waals surface area (Å²) >= 11 is 0. The zero-order valence-corrected chi connectivity index (χ0v) is 18.4. The molecule has 0 N–H and O–H groups in total. The van der Waals surface area contributed by atoms with Crippen molar-refractivity contribution in [2.24, 2.45) is 0 Å². The SMILES string of the molecule is CCCCCCc1ccc2ccc3c(c2c1CCCCCC)Cc1ccccc1-3. The minimum absolute atomic E-state index is 1.10. The highest BCUT2D eigenvalue weighted by molar-refractivity contribution is 5.97. The maximum Gasteiger partial charge on any atom is -0.000718 e.